The van der Waals surface area contributed by atoms with Crippen LogP contribution in [0, 0.1) is 0 Å². The largest absolute Gasteiger partial charge is 0.331 e. The molecular weight excluding hydrogens is 320 g/mol. The Labute approximate surface area is 154 Å². The number of benzene rings is 3. The zero-order chi connectivity index (χ0) is 17.8. The Balaban J connectivity index is 1.32. The highest BCUT2D eigenvalue weighted by Gasteiger charge is 2.23. The van der Waals surface area contributed by atoms with E-state index in [1.807, 2.05) is 35.2 Å². The molecule has 0 unspecified atom stereocenters. The van der Waals surface area contributed by atoms with E-state index in [1.165, 1.54) is 16.3 Å². The zero-order valence-electron chi connectivity index (χ0n) is 15.0. The van der Waals surface area contributed by atoms with Crippen LogP contribution in [0.25, 0.3) is 10.8 Å². The highest BCUT2D eigenvalue weighted by molar-refractivity contribution is 5.83. The van der Waals surface area contributed by atoms with Gasteiger partial charge in [0.25, 0.3) is 0 Å². The van der Waals surface area contributed by atoms with Crippen LogP contribution < -0.4 is 4.90 Å². The Morgan fingerprint density at radius 1 is 0.808 bits per heavy atom. The van der Waals surface area contributed by atoms with Crippen molar-refractivity contribution in [3.63, 3.8) is 0 Å². The molecule has 1 amide bonds. The highest BCUT2D eigenvalue weighted by Crippen LogP contribution is 2.15. The van der Waals surface area contributed by atoms with Gasteiger partial charge in [0.1, 0.15) is 6.54 Å². The summed E-state index contributed by atoms with van der Waals surface area (Å²) in [4.78, 5) is 16.1. The average molecular weight is 345 g/mol. The van der Waals surface area contributed by atoms with Gasteiger partial charge in [-0.2, -0.15) is 0 Å². The summed E-state index contributed by atoms with van der Waals surface area (Å²) in [6.45, 7) is 4.79. The van der Waals surface area contributed by atoms with Crippen molar-refractivity contribution in [1.29, 1.82) is 0 Å². The monoisotopic (exact) mass is 345 g/mol. The lowest BCUT2D eigenvalue weighted by atomic mass is 10.1. The van der Waals surface area contributed by atoms with E-state index in [-0.39, 0.29) is 5.91 Å². The molecule has 0 aromatic heterocycles. The number of amides is 1. The van der Waals surface area contributed by atoms with Crippen LogP contribution in [-0.2, 0) is 17.8 Å². The van der Waals surface area contributed by atoms with E-state index in [0.717, 1.165) is 38.3 Å². The van der Waals surface area contributed by atoms with Crippen LogP contribution in [0.4, 0.5) is 0 Å². The van der Waals surface area contributed by atoms with Crippen molar-refractivity contribution in [1.82, 2.24) is 4.90 Å². The van der Waals surface area contributed by atoms with Gasteiger partial charge in [0.15, 0.2) is 0 Å². The van der Waals surface area contributed by atoms with Crippen LogP contribution in [0.5, 0.6) is 0 Å². The molecule has 3 heteroatoms. The second kappa shape index (κ2) is 7.71. The number of carbonyl (C=O) groups is 1. The maximum atomic E-state index is 12.5. The molecule has 1 aliphatic rings. The summed E-state index contributed by atoms with van der Waals surface area (Å²) in [5, 5.41) is 2.60. The van der Waals surface area contributed by atoms with Crippen LogP contribution in [-0.4, -0.2) is 37.0 Å². The van der Waals surface area contributed by atoms with Gasteiger partial charge in [0.05, 0.1) is 32.6 Å². The molecule has 4 rings (SSSR count). The summed E-state index contributed by atoms with van der Waals surface area (Å²) >= 11 is 0. The third kappa shape index (κ3) is 3.94. The SMILES string of the molecule is O=C(Cc1ccccc1)N1CC[NH+](Cc2ccc3ccccc3c2)CC1. The molecule has 0 atom stereocenters. The standard InChI is InChI=1S/C23H24N2O/c26-23(17-19-6-2-1-3-7-19)25-14-12-24(13-15-25)18-20-10-11-21-8-4-5-9-22(21)16-20/h1-11,16H,12-15,17-18H2/p+1. The molecular formula is C23H25N2O+. The Morgan fingerprint density at radius 3 is 2.27 bits per heavy atom. The van der Waals surface area contributed by atoms with Gasteiger partial charge in [0.2, 0.25) is 5.91 Å². The Hall–Kier alpha value is -2.65. The first-order valence-corrected chi connectivity index (χ1v) is 9.41. The molecule has 0 saturated carbocycles. The van der Waals surface area contributed by atoms with Crippen LogP contribution in [0.15, 0.2) is 72.8 Å². The molecule has 1 aliphatic heterocycles. The summed E-state index contributed by atoms with van der Waals surface area (Å²) in [5.41, 5.74) is 2.48. The number of hydrogen-bond acceptors (Lipinski definition) is 1. The van der Waals surface area contributed by atoms with Gasteiger partial charge in [-0.05, 0) is 22.4 Å². The van der Waals surface area contributed by atoms with Crippen LogP contribution in [0.2, 0.25) is 0 Å². The molecule has 3 nitrogen and oxygen atoms in total. The molecule has 3 aromatic rings. The van der Waals surface area contributed by atoms with Crippen LogP contribution in [0.1, 0.15) is 11.1 Å². The number of hydrogen-bond donors (Lipinski definition) is 1. The number of quaternary nitrogens is 1. The third-order valence-corrected chi connectivity index (χ3v) is 5.29. The Bertz CT molecular complexity index is 883. The summed E-state index contributed by atoms with van der Waals surface area (Å²) in [5.74, 6) is 0.251. The first-order valence-electron chi connectivity index (χ1n) is 9.41. The van der Waals surface area contributed by atoms with Gasteiger partial charge in [-0.3, -0.25) is 4.79 Å². The number of fused-ring (bicyclic) bond motifs is 1. The number of nitrogens with zero attached hydrogens (tertiary/aromatic N) is 1. The molecule has 1 N–H and O–H groups in total. The third-order valence-electron chi connectivity index (χ3n) is 5.29. The van der Waals surface area contributed by atoms with E-state index in [1.54, 1.807) is 4.90 Å². The van der Waals surface area contributed by atoms with Crippen LogP contribution in [0.3, 0.4) is 0 Å². The molecule has 0 aliphatic carbocycles. The maximum absolute atomic E-state index is 12.5. The van der Waals surface area contributed by atoms with Crippen molar-refractivity contribution < 1.29 is 9.69 Å². The average Bonchev–Trinajstić information content (AvgIpc) is 2.69. The predicted molar refractivity (Wildman–Crippen MR) is 105 cm³/mol. The molecule has 1 fully saturated rings. The molecule has 0 bridgehead atoms. The first kappa shape index (κ1) is 16.8. The van der Waals surface area contributed by atoms with Gasteiger partial charge >= 0.3 is 0 Å². The quantitative estimate of drug-likeness (QED) is 0.771. The van der Waals surface area contributed by atoms with E-state index in [0.29, 0.717) is 6.42 Å². The summed E-state index contributed by atoms with van der Waals surface area (Å²) < 4.78 is 0. The smallest absolute Gasteiger partial charge is 0.227 e. The van der Waals surface area contributed by atoms with Crippen molar-refractivity contribution in [3.05, 3.63) is 83.9 Å². The number of piperazine rings is 1. The summed E-state index contributed by atoms with van der Waals surface area (Å²) in [7, 11) is 0. The van der Waals surface area contributed by atoms with E-state index in [2.05, 4.69) is 42.5 Å². The van der Waals surface area contributed by atoms with Crippen molar-refractivity contribution in [2.45, 2.75) is 13.0 Å². The first-order chi connectivity index (χ1) is 12.8. The Kier molecular flexibility index (Phi) is 4.98. The van der Waals surface area contributed by atoms with Gasteiger partial charge < -0.3 is 9.80 Å². The van der Waals surface area contributed by atoms with Crippen molar-refractivity contribution in [2.24, 2.45) is 0 Å². The van der Waals surface area contributed by atoms with E-state index in [4.69, 9.17) is 0 Å². The van der Waals surface area contributed by atoms with Gasteiger partial charge in [-0.15, -0.1) is 0 Å². The minimum atomic E-state index is 0.251. The van der Waals surface area contributed by atoms with Crippen LogP contribution >= 0.6 is 0 Å². The topological polar surface area (TPSA) is 24.8 Å². The molecule has 26 heavy (non-hydrogen) atoms. The normalized spacial score (nSPS) is 15.3. The molecule has 132 valence electrons. The molecule has 0 radical (unpaired) electrons. The van der Waals surface area contributed by atoms with Crippen molar-refractivity contribution in [3.8, 4) is 0 Å². The lowest BCUT2D eigenvalue weighted by Gasteiger charge is -2.32. The highest BCUT2D eigenvalue weighted by atomic mass is 16.2. The summed E-state index contributed by atoms with van der Waals surface area (Å²) in [6.07, 6.45) is 0.515. The number of carbonyl (C=O) groups excluding carboxylic acids is 1. The lowest BCUT2D eigenvalue weighted by Crippen LogP contribution is -3.13. The molecule has 1 saturated heterocycles. The Morgan fingerprint density at radius 2 is 1.50 bits per heavy atom. The molecule has 3 aromatic carbocycles. The fourth-order valence-corrected chi connectivity index (χ4v) is 3.77. The lowest BCUT2D eigenvalue weighted by molar-refractivity contribution is -0.917. The number of rotatable bonds is 4. The maximum Gasteiger partial charge on any atom is 0.227 e. The number of nitrogens with one attached hydrogen (secondary N) is 1. The molecule has 1 heterocycles. The fraction of sp³-hybridized carbons (Fsp3) is 0.261. The minimum Gasteiger partial charge on any atom is -0.331 e. The van der Waals surface area contributed by atoms with Crippen molar-refractivity contribution in [2.75, 3.05) is 26.2 Å². The van der Waals surface area contributed by atoms with Gasteiger partial charge in [0, 0.05) is 5.56 Å². The van der Waals surface area contributed by atoms with Gasteiger partial charge in [-0.1, -0.05) is 66.7 Å². The predicted octanol–water partition coefficient (Wildman–Crippen LogP) is 2.31. The fourth-order valence-electron chi connectivity index (χ4n) is 3.77. The van der Waals surface area contributed by atoms with E-state index >= 15 is 0 Å². The minimum absolute atomic E-state index is 0.251. The van der Waals surface area contributed by atoms with E-state index < -0.39 is 0 Å². The second-order valence-corrected chi connectivity index (χ2v) is 7.15. The summed E-state index contributed by atoms with van der Waals surface area (Å²) in [6, 6.07) is 25.3. The second-order valence-electron chi connectivity index (χ2n) is 7.15. The van der Waals surface area contributed by atoms with Gasteiger partial charge in [-0.25, -0.2) is 0 Å². The molecule has 0 spiro atoms. The van der Waals surface area contributed by atoms with Crippen molar-refractivity contribution >= 4 is 16.7 Å². The van der Waals surface area contributed by atoms with E-state index in [9.17, 15) is 4.79 Å². The zero-order valence-corrected chi connectivity index (χ0v) is 15.0.